The molecule has 0 bridgehead atoms. The number of thiazole rings is 1. The minimum atomic E-state index is -3.67. The van der Waals surface area contributed by atoms with E-state index >= 15 is 0 Å². The molecule has 13 heteroatoms. The number of nitro benzene ring substituents is 1. The summed E-state index contributed by atoms with van der Waals surface area (Å²) in [7, 11) is -3.67. The zero-order valence-corrected chi connectivity index (χ0v) is 19.9. The van der Waals surface area contributed by atoms with Crippen LogP contribution in [-0.4, -0.2) is 72.2 Å². The topological polar surface area (TPSA) is 117 Å². The van der Waals surface area contributed by atoms with Gasteiger partial charge in [-0.3, -0.25) is 14.9 Å². The summed E-state index contributed by atoms with van der Waals surface area (Å²) in [5, 5.41) is 13.5. The standard InChI is InChI=1S/C20H21N5O5S3/c26-19(16-3-1-7-24(16)33(29,30)18-4-2-12-31-18)22-8-10-23(11-9-22)20-21-15-6-5-14(25(27)28)13-17(15)32-20/h2,4-6,12-13,16H,1,3,7-11H2. The van der Waals surface area contributed by atoms with Gasteiger partial charge in [0.2, 0.25) is 5.91 Å². The van der Waals surface area contributed by atoms with E-state index < -0.39 is 21.0 Å². The zero-order chi connectivity index (χ0) is 23.2. The number of fused-ring (bicyclic) bond motifs is 1. The lowest BCUT2D eigenvalue weighted by Crippen LogP contribution is -2.54. The van der Waals surface area contributed by atoms with Gasteiger partial charge in [0, 0.05) is 44.9 Å². The predicted molar refractivity (Wildman–Crippen MR) is 126 cm³/mol. The van der Waals surface area contributed by atoms with Crippen molar-refractivity contribution in [1.82, 2.24) is 14.2 Å². The third kappa shape index (κ3) is 4.09. The number of benzene rings is 1. The molecule has 2 aliphatic rings. The first-order valence-corrected chi connectivity index (χ1v) is 13.6. The fourth-order valence-electron chi connectivity index (χ4n) is 4.28. The van der Waals surface area contributed by atoms with Gasteiger partial charge >= 0.3 is 0 Å². The van der Waals surface area contributed by atoms with E-state index in [2.05, 4.69) is 9.88 Å². The lowest BCUT2D eigenvalue weighted by Gasteiger charge is -2.37. The number of piperazine rings is 1. The normalized spacial score (nSPS) is 19.9. The molecular weight excluding hydrogens is 486 g/mol. The molecule has 1 amide bonds. The first-order valence-electron chi connectivity index (χ1n) is 10.5. The van der Waals surface area contributed by atoms with Gasteiger partial charge in [-0.1, -0.05) is 17.4 Å². The van der Waals surface area contributed by atoms with Crippen molar-refractivity contribution in [2.24, 2.45) is 0 Å². The summed E-state index contributed by atoms with van der Waals surface area (Å²) in [6, 6.07) is 7.23. The average Bonchev–Trinajstić information content (AvgIpc) is 3.58. The highest BCUT2D eigenvalue weighted by Crippen LogP contribution is 2.33. The minimum Gasteiger partial charge on any atom is -0.345 e. The molecule has 0 radical (unpaired) electrons. The molecule has 2 fully saturated rings. The van der Waals surface area contributed by atoms with Crippen molar-refractivity contribution < 1.29 is 18.1 Å². The molecule has 5 rings (SSSR count). The van der Waals surface area contributed by atoms with Crippen molar-refractivity contribution in [3.63, 3.8) is 0 Å². The lowest BCUT2D eigenvalue weighted by atomic mass is 10.2. The van der Waals surface area contributed by atoms with Crippen LogP contribution in [0.25, 0.3) is 10.2 Å². The maximum Gasteiger partial charge on any atom is 0.270 e. The number of aromatic nitrogens is 1. The number of sulfonamides is 1. The first kappa shape index (κ1) is 22.2. The van der Waals surface area contributed by atoms with Crippen LogP contribution in [0, 0.1) is 10.1 Å². The largest absolute Gasteiger partial charge is 0.345 e. The number of nitrogens with zero attached hydrogens (tertiary/aromatic N) is 5. The molecule has 0 spiro atoms. The Balaban J connectivity index is 1.27. The minimum absolute atomic E-state index is 0.0340. The summed E-state index contributed by atoms with van der Waals surface area (Å²) < 4.78 is 28.3. The summed E-state index contributed by atoms with van der Waals surface area (Å²) in [5.41, 5.74) is 0.742. The smallest absolute Gasteiger partial charge is 0.270 e. The van der Waals surface area contributed by atoms with E-state index in [1.807, 2.05) is 0 Å². The zero-order valence-electron chi connectivity index (χ0n) is 17.5. The Morgan fingerprint density at radius 3 is 2.64 bits per heavy atom. The van der Waals surface area contributed by atoms with E-state index in [1.54, 1.807) is 28.5 Å². The third-order valence-electron chi connectivity index (χ3n) is 5.98. The number of hydrogen-bond acceptors (Lipinski definition) is 9. The van der Waals surface area contributed by atoms with Crippen LogP contribution in [0.2, 0.25) is 0 Å². The summed E-state index contributed by atoms with van der Waals surface area (Å²) in [4.78, 5) is 32.2. The molecule has 2 aliphatic heterocycles. The predicted octanol–water partition coefficient (Wildman–Crippen LogP) is 2.77. The molecule has 174 valence electrons. The Morgan fingerprint density at radius 2 is 1.94 bits per heavy atom. The summed E-state index contributed by atoms with van der Waals surface area (Å²) in [6.45, 7) is 2.43. The Morgan fingerprint density at radius 1 is 1.15 bits per heavy atom. The second-order valence-corrected chi connectivity index (χ2v) is 12.0. The Labute approximate surface area is 198 Å². The van der Waals surface area contributed by atoms with Crippen LogP contribution in [0.15, 0.2) is 39.9 Å². The Bertz CT molecular complexity index is 1300. The highest BCUT2D eigenvalue weighted by Gasteiger charge is 2.42. The molecule has 4 heterocycles. The van der Waals surface area contributed by atoms with Crippen molar-refractivity contribution in [3.8, 4) is 0 Å². The van der Waals surface area contributed by atoms with Crippen LogP contribution < -0.4 is 4.90 Å². The van der Waals surface area contributed by atoms with Gasteiger partial charge in [-0.2, -0.15) is 4.31 Å². The molecule has 10 nitrogen and oxygen atoms in total. The van der Waals surface area contributed by atoms with Crippen molar-refractivity contribution >= 4 is 59.6 Å². The average molecular weight is 508 g/mol. The van der Waals surface area contributed by atoms with E-state index in [4.69, 9.17) is 0 Å². The Kier molecular flexibility index (Phi) is 5.80. The van der Waals surface area contributed by atoms with Crippen molar-refractivity contribution in [2.75, 3.05) is 37.6 Å². The van der Waals surface area contributed by atoms with E-state index in [9.17, 15) is 23.3 Å². The molecule has 0 saturated carbocycles. The van der Waals surface area contributed by atoms with Gasteiger partial charge in [-0.25, -0.2) is 13.4 Å². The molecule has 33 heavy (non-hydrogen) atoms. The van der Waals surface area contributed by atoms with E-state index in [0.717, 1.165) is 21.2 Å². The number of thiophene rings is 1. The monoisotopic (exact) mass is 507 g/mol. The van der Waals surface area contributed by atoms with Gasteiger partial charge in [0.25, 0.3) is 15.7 Å². The molecule has 2 aromatic heterocycles. The fourth-order valence-corrected chi connectivity index (χ4v) is 8.10. The van der Waals surface area contributed by atoms with E-state index in [0.29, 0.717) is 51.1 Å². The highest BCUT2D eigenvalue weighted by molar-refractivity contribution is 7.91. The second-order valence-electron chi connectivity index (χ2n) is 7.92. The number of carbonyl (C=O) groups excluding carboxylic acids is 1. The summed E-state index contributed by atoms with van der Waals surface area (Å²) in [5.74, 6) is -0.146. The van der Waals surface area contributed by atoms with Crippen molar-refractivity contribution in [2.45, 2.75) is 23.1 Å². The summed E-state index contributed by atoms with van der Waals surface area (Å²) in [6.07, 6.45) is 1.19. The molecule has 1 atom stereocenters. The SMILES string of the molecule is O=C(C1CCCN1S(=O)(=O)c1cccs1)N1CCN(c2nc3ccc([N+](=O)[O-])cc3s2)CC1. The van der Waals surface area contributed by atoms with Gasteiger partial charge in [0.05, 0.1) is 15.1 Å². The maximum absolute atomic E-state index is 13.2. The maximum atomic E-state index is 13.2. The molecular formula is C20H21N5O5S3. The molecule has 1 aromatic carbocycles. The number of nitro groups is 1. The molecule has 3 aromatic rings. The lowest BCUT2D eigenvalue weighted by molar-refractivity contribution is -0.384. The number of hydrogen-bond donors (Lipinski definition) is 0. The molecule has 1 unspecified atom stereocenters. The quantitative estimate of drug-likeness (QED) is 0.385. The fraction of sp³-hybridized carbons (Fsp3) is 0.400. The Hall–Kier alpha value is -2.61. The van der Waals surface area contributed by atoms with Gasteiger partial charge < -0.3 is 9.80 Å². The van der Waals surface area contributed by atoms with Crippen LogP contribution in [0.5, 0.6) is 0 Å². The number of anilines is 1. The van der Waals surface area contributed by atoms with Gasteiger partial charge in [-0.05, 0) is 30.4 Å². The van der Waals surface area contributed by atoms with Crippen LogP contribution in [0.4, 0.5) is 10.8 Å². The van der Waals surface area contributed by atoms with E-state index in [-0.39, 0.29) is 15.8 Å². The summed E-state index contributed by atoms with van der Waals surface area (Å²) >= 11 is 2.56. The highest BCUT2D eigenvalue weighted by atomic mass is 32.2. The molecule has 2 saturated heterocycles. The van der Waals surface area contributed by atoms with Crippen molar-refractivity contribution in [3.05, 3.63) is 45.8 Å². The van der Waals surface area contributed by atoms with Crippen LogP contribution in [0.3, 0.4) is 0 Å². The number of carbonyl (C=O) groups is 1. The second kappa shape index (κ2) is 8.63. The van der Waals surface area contributed by atoms with Gasteiger partial charge in [0.1, 0.15) is 10.3 Å². The third-order valence-corrected chi connectivity index (χ3v) is 10.3. The van der Waals surface area contributed by atoms with Gasteiger partial charge in [0.15, 0.2) is 5.13 Å². The molecule has 0 aliphatic carbocycles. The molecule has 0 N–H and O–H groups in total. The first-order chi connectivity index (χ1) is 15.8. The van der Waals surface area contributed by atoms with E-state index in [1.165, 1.54) is 27.8 Å². The van der Waals surface area contributed by atoms with Crippen LogP contribution in [0.1, 0.15) is 12.8 Å². The number of rotatable bonds is 5. The van der Waals surface area contributed by atoms with Crippen LogP contribution in [-0.2, 0) is 14.8 Å². The van der Waals surface area contributed by atoms with Crippen molar-refractivity contribution in [1.29, 1.82) is 0 Å². The van der Waals surface area contributed by atoms with Gasteiger partial charge in [-0.15, -0.1) is 11.3 Å². The number of amides is 1. The van der Waals surface area contributed by atoms with Crippen LogP contribution >= 0.6 is 22.7 Å². The number of non-ortho nitro benzene ring substituents is 1.